The third kappa shape index (κ3) is 3.25. The number of aromatic nitrogens is 2. The van der Waals surface area contributed by atoms with Crippen molar-refractivity contribution in [1.29, 1.82) is 0 Å². The van der Waals surface area contributed by atoms with Crippen LogP contribution in [-0.4, -0.2) is 32.3 Å². The minimum atomic E-state index is -0.873. The van der Waals surface area contributed by atoms with Crippen molar-refractivity contribution >= 4 is 11.9 Å². The van der Waals surface area contributed by atoms with Gasteiger partial charge in [-0.1, -0.05) is 13.8 Å². The number of carboxylic acids is 1. The van der Waals surface area contributed by atoms with Gasteiger partial charge in [-0.3, -0.25) is 14.3 Å². The normalized spacial score (nSPS) is 16.6. The van der Waals surface area contributed by atoms with E-state index in [0.29, 0.717) is 12.2 Å². The SMILES string of the molecule is CCn1nc(C(C)C)cc1C(=O)NC1(CC(=O)O)CCC1. The minimum absolute atomic E-state index is 0.0178. The van der Waals surface area contributed by atoms with Crippen LogP contribution in [0.15, 0.2) is 6.07 Å². The third-order valence-corrected chi connectivity index (χ3v) is 4.10. The Morgan fingerprint density at radius 3 is 2.57 bits per heavy atom. The van der Waals surface area contributed by atoms with Crippen LogP contribution in [0.5, 0.6) is 0 Å². The fourth-order valence-electron chi connectivity index (χ4n) is 2.69. The molecule has 1 saturated carbocycles. The van der Waals surface area contributed by atoms with Crippen molar-refractivity contribution in [2.24, 2.45) is 0 Å². The molecular weight excluding hydrogens is 270 g/mol. The maximum atomic E-state index is 12.5. The lowest BCUT2D eigenvalue weighted by molar-refractivity contribution is -0.139. The standard InChI is InChI=1S/C15H23N3O3/c1-4-18-12(8-11(17-18)10(2)3)14(21)16-15(6-5-7-15)9-13(19)20/h8,10H,4-7,9H2,1-3H3,(H,16,21)(H,19,20). The molecule has 1 aromatic heterocycles. The molecule has 0 aliphatic heterocycles. The van der Waals surface area contributed by atoms with Gasteiger partial charge in [-0.25, -0.2) is 0 Å². The van der Waals surface area contributed by atoms with E-state index in [-0.39, 0.29) is 18.2 Å². The van der Waals surface area contributed by atoms with Crippen molar-refractivity contribution in [3.8, 4) is 0 Å². The van der Waals surface area contributed by atoms with Crippen LogP contribution in [0.25, 0.3) is 0 Å². The maximum absolute atomic E-state index is 12.5. The lowest BCUT2D eigenvalue weighted by Gasteiger charge is -2.41. The molecular formula is C15H23N3O3. The Labute approximate surface area is 124 Å². The predicted molar refractivity (Wildman–Crippen MR) is 78.3 cm³/mol. The number of hydrogen-bond acceptors (Lipinski definition) is 3. The van der Waals surface area contributed by atoms with Crippen molar-refractivity contribution in [3.05, 3.63) is 17.5 Å². The first-order valence-electron chi connectivity index (χ1n) is 7.49. The highest BCUT2D eigenvalue weighted by molar-refractivity contribution is 5.93. The molecule has 1 amide bonds. The summed E-state index contributed by atoms with van der Waals surface area (Å²) < 4.78 is 1.68. The summed E-state index contributed by atoms with van der Waals surface area (Å²) in [5.41, 5.74) is 0.810. The average molecular weight is 293 g/mol. The van der Waals surface area contributed by atoms with Gasteiger partial charge in [0.1, 0.15) is 5.69 Å². The number of carboxylic acid groups (broad SMARTS) is 1. The molecule has 1 fully saturated rings. The first-order valence-corrected chi connectivity index (χ1v) is 7.49. The zero-order valence-corrected chi connectivity index (χ0v) is 12.8. The van der Waals surface area contributed by atoms with Gasteiger partial charge < -0.3 is 10.4 Å². The molecule has 1 heterocycles. The van der Waals surface area contributed by atoms with E-state index in [9.17, 15) is 9.59 Å². The van der Waals surface area contributed by atoms with Crippen molar-refractivity contribution in [2.75, 3.05) is 0 Å². The van der Waals surface area contributed by atoms with Crippen LogP contribution in [0, 0.1) is 0 Å². The van der Waals surface area contributed by atoms with E-state index < -0.39 is 11.5 Å². The van der Waals surface area contributed by atoms with Crippen LogP contribution < -0.4 is 5.32 Å². The van der Waals surface area contributed by atoms with Crippen LogP contribution in [-0.2, 0) is 11.3 Å². The van der Waals surface area contributed by atoms with Gasteiger partial charge in [0.15, 0.2) is 0 Å². The molecule has 0 unspecified atom stereocenters. The summed E-state index contributed by atoms with van der Waals surface area (Å²) in [4.78, 5) is 23.5. The first-order chi connectivity index (χ1) is 9.87. The number of hydrogen-bond donors (Lipinski definition) is 2. The number of amides is 1. The van der Waals surface area contributed by atoms with Crippen molar-refractivity contribution < 1.29 is 14.7 Å². The first kappa shape index (κ1) is 15.5. The smallest absolute Gasteiger partial charge is 0.305 e. The van der Waals surface area contributed by atoms with Crippen molar-refractivity contribution in [3.63, 3.8) is 0 Å². The average Bonchev–Trinajstić information content (AvgIpc) is 2.79. The third-order valence-electron chi connectivity index (χ3n) is 4.10. The van der Waals surface area contributed by atoms with Crippen LogP contribution in [0.4, 0.5) is 0 Å². The highest BCUT2D eigenvalue weighted by Crippen LogP contribution is 2.35. The fraction of sp³-hybridized carbons (Fsp3) is 0.667. The molecule has 6 heteroatoms. The van der Waals surface area contributed by atoms with E-state index in [1.165, 1.54) is 0 Å². The second-order valence-electron chi connectivity index (χ2n) is 6.08. The fourth-order valence-corrected chi connectivity index (χ4v) is 2.69. The minimum Gasteiger partial charge on any atom is -0.481 e. The molecule has 1 aliphatic rings. The van der Waals surface area contributed by atoms with Gasteiger partial charge in [-0.2, -0.15) is 5.10 Å². The van der Waals surface area contributed by atoms with Crippen LogP contribution >= 0.6 is 0 Å². The Hall–Kier alpha value is -1.85. The number of aliphatic carboxylic acids is 1. The summed E-state index contributed by atoms with van der Waals surface area (Å²) in [6.07, 6.45) is 2.39. The Kier molecular flexibility index (Phi) is 4.34. The van der Waals surface area contributed by atoms with E-state index in [2.05, 4.69) is 10.4 Å². The predicted octanol–water partition coefficient (Wildman–Crippen LogP) is 2.15. The number of carbonyl (C=O) groups is 2. The summed E-state index contributed by atoms with van der Waals surface area (Å²) in [5, 5.41) is 16.4. The van der Waals surface area contributed by atoms with E-state index in [1.54, 1.807) is 10.7 Å². The van der Waals surface area contributed by atoms with Crippen LogP contribution in [0.1, 0.15) is 68.6 Å². The van der Waals surface area contributed by atoms with E-state index in [4.69, 9.17) is 5.11 Å². The molecule has 0 radical (unpaired) electrons. The summed E-state index contributed by atoms with van der Waals surface area (Å²) in [6.45, 7) is 6.61. The second kappa shape index (κ2) is 5.87. The summed E-state index contributed by atoms with van der Waals surface area (Å²) >= 11 is 0. The van der Waals surface area contributed by atoms with E-state index >= 15 is 0 Å². The zero-order chi connectivity index (χ0) is 15.6. The molecule has 1 aliphatic carbocycles. The topological polar surface area (TPSA) is 84.2 Å². The van der Waals surface area contributed by atoms with Crippen LogP contribution in [0.3, 0.4) is 0 Å². The molecule has 21 heavy (non-hydrogen) atoms. The Bertz CT molecular complexity index is 544. The molecule has 0 saturated heterocycles. The highest BCUT2D eigenvalue weighted by Gasteiger charge is 2.41. The Morgan fingerprint density at radius 2 is 2.14 bits per heavy atom. The largest absolute Gasteiger partial charge is 0.481 e. The van der Waals surface area contributed by atoms with Crippen molar-refractivity contribution in [2.45, 2.75) is 64.5 Å². The van der Waals surface area contributed by atoms with Crippen molar-refractivity contribution in [1.82, 2.24) is 15.1 Å². The van der Waals surface area contributed by atoms with Gasteiger partial charge in [0.2, 0.25) is 0 Å². The maximum Gasteiger partial charge on any atom is 0.305 e. The highest BCUT2D eigenvalue weighted by atomic mass is 16.4. The zero-order valence-electron chi connectivity index (χ0n) is 12.8. The number of nitrogens with zero attached hydrogens (tertiary/aromatic N) is 2. The molecule has 1 aromatic rings. The quantitative estimate of drug-likeness (QED) is 0.841. The lowest BCUT2D eigenvalue weighted by atomic mass is 9.74. The number of aryl methyl sites for hydroxylation is 1. The van der Waals surface area contributed by atoms with Gasteiger partial charge in [-0.05, 0) is 38.2 Å². The number of rotatable bonds is 6. The second-order valence-corrected chi connectivity index (χ2v) is 6.08. The van der Waals surface area contributed by atoms with Crippen LogP contribution in [0.2, 0.25) is 0 Å². The number of carbonyl (C=O) groups excluding carboxylic acids is 1. The molecule has 2 N–H and O–H groups in total. The Morgan fingerprint density at radius 1 is 1.48 bits per heavy atom. The number of nitrogens with one attached hydrogen (secondary N) is 1. The van der Waals surface area contributed by atoms with Gasteiger partial charge in [-0.15, -0.1) is 0 Å². The summed E-state index contributed by atoms with van der Waals surface area (Å²) in [7, 11) is 0. The summed E-state index contributed by atoms with van der Waals surface area (Å²) in [5.74, 6) is -0.847. The van der Waals surface area contributed by atoms with Gasteiger partial charge in [0.25, 0.3) is 5.91 Å². The molecule has 0 spiro atoms. The van der Waals surface area contributed by atoms with Gasteiger partial charge in [0.05, 0.1) is 17.7 Å². The molecule has 0 bridgehead atoms. The molecule has 2 rings (SSSR count). The summed E-state index contributed by atoms with van der Waals surface area (Å²) in [6, 6.07) is 1.80. The van der Waals surface area contributed by atoms with E-state index in [1.807, 2.05) is 20.8 Å². The molecule has 6 nitrogen and oxygen atoms in total. The molecule has 0 atom stereocenters. The monoisotopic (exact) mass is 293 g/mol. The van der Waals surface area contributed by atoms with Gasteiger partial charge >= 0.3 is 5.97 Å². The van der Waals surface area contributed by atoms with E-state index in [0.717, 1.165) is 25.0 Å². The molecule has 116 valence electrons. The lowest BCUT2D eigenvalue weighted by Crippen LogP contribution is -2.55. The van der Waals surface area contributed by atoms with Gasteiger partial charge in [0, 0.05) is 6.54 Å². The molecule has 0 aromatic carbocycles. The Balaban J connectivity index is 2.18.